The van der Waals surface area contributed by atoms with Crippen molar-refractivity contribution in [2.45, 2.75) is 44.9 Å². The Kier molecular flexibility index (Phi) is 5.56. The molecule has 0 saturated carbocycles. The van der Waals surface area contributed by atoms with Crippen LogP contribution >= 0.6 is 0 Å². The van der Waals surface area contributed by atoms with Crippen molar-refractivity contribution in [2.75, 3.05) is 5.32 Å². The van der Waals surface area contributed by atoms with Crippen LogP contribution in [0, 0.1) is 5.92 Å². The molecule has 6 heteroatoms. The number of rotatable bonds is 3. The molecule has 2 aliphatic rings. The molecule has 2 unspecified atom stereocenters. The smallest absolute Gasteiger partial charge is 0.393 e. The summed E-state index contributed by atoms with van der Waals surface area (Å²) in [5.74, 6) is -0.654. The third-order valence-electron chi connectivity index (χ3n) is 5.00. The summed E-state index contributed by atoms with van der Waals surface area (Å²) in [6.45, 7) is 1.76. The lowest BCUT2D eigenvalue weighted by Crippen LogP contribution is -2.23. The van der Waals surface area contributed by atoms with Crippen molar-refractivity contribution >= 4 is 11.6 Å². The normalized spacial score (nSPS) is 22.9. The Morgan fingerprint density at radius 3 is 2.78 bits per heavy atom. The van der Waals surface area contributed by atoms with Crippen molar-refractivity contribution < 1.29 is 23.1 Å². The summed E-state index contributed by atoms with van der Waals surface area (Å²) in [5, 5.41) is 12.8. The van der Waals surface area contributed by atoms with Gasteiger partial charge in [0, 0.05) is 23.8 Å². The van der Waals surface area contributed by atoms with Gasteiger partial charge in [-0.05, 0) is 49.3 Å². The molecule has 27 heavy (non-hydrogen) atoms. The van der Waals surface area contributed by atoms with Gasteiger partial charge in [-0.2, -0.15) is 13.2 Å². The van der Waals surface area contributed by atoms with Gasteiger partial charge >= 0.3 is 6.18 Å². The summed E-state index contributed by atoms with van der Waals surface area (Å²) >= 11 is 0. The van der Waals surface area contributed by atoms with Crippen molar-refractivity contribution in [3.8, 4) is 0 Å². The Morgan fingerprint density at radius 2 is 2.07 bits per heavy atom. The molecule has 1 aromatic rings. The van der Waals surface area contributed by atoms with Gasteiger partial charge < -0.3 is 10.4 Å². The number of aryl methyl sites for hydroxylation is 1. The largest absolute Gasteiger partial charge is 0.409 e. The van der Waals surface area contributed by atoms with Crippen LogP contribution in [0.5, 0.6) is 0 Å². The topological polar surface area (TPSA) is 49.3 Å². The first-order valence-electron chi connectivity index (χ1n) is 8.97. The number of aliphatic hydroxyl groups is 1. The highest BCUT2D eigenvalue weighted by Crippen LogP contribution is 2.30. The van der Waals surface area contributed by atoms with Gasteiger partial charge in [0.25, 0.3) is 5.91 Å². The zero-order valence-electron chi connectivity index (χ0n) is 15.0. The standard InChI is InChI=1S/C21H22F3NO2/c1-13-11-14(9-10-21(22,23)24)5-8-17(13)20(27)25-19-4-2-3-15-6-7-16(26)12-18(15)19/h2-5,8-10,14,16,26H,6-7,11-12H2,1H3,(H,25,27)/b10-9+. The van der Waals surface area contributed by atoms with Crippen molar-refractivity contribution in [1.29, 1.82) is 0 Å². The summed E-state index contributed by atoms with van der Waals surface area (Å²) in [7, 11) is 0. The number of carbonyl (C=O) groups excluding carboxylic acids is 1. The Hall–Kier alpha value is -2.34. The Labute approximate surface area is 156 Å². The maximum atomic E-state index is 12.7. The average Bonchev–Trinajstić information content (AvgIpc) is 2.60. The van der Waals surface area contributed by atoms with E-state index in [2.05, 4.69) is 5.32 Å². The van der Waals surface area contributed by atoms with Crippen LogP contribution in [0.15, 0.2) is 53.6 Å². The van der Waals surface area contributed by atoms with Crippen LogP contribution in [0.25, 0.3) is 0 Å². The molecule has 0 fully saturated rings. The Morgan fingerprint density at radius 1 is 1.30 bits per heavy atom. The second-order valence-corrected chi connectivity index (χ2v) is 7.12. The van der Waals surface area contributed by atoms with E-state index in [0.717, 1.165) is 29.2 Å². The Bertz CT molecular complexity index is 821. The number of benzene rings is 1. The number of allylic oxidation sites excluding steroid dienone is 4. The number of fused-ring (bicyclic) bond motifs is 1. The number of anilines is 1. The second-order valence-electron chi connectivity index (χ2n) is 7.12. The molecule has 1 amide bonds. The molecular weight excluding hydrogens is 355 g/mol. The first kappa shape index (κ1) is 19.4. The van der Waals surface area contributed by atoms with E-state index >= 15 is 0 Å². The third-order valence-corrected chi connectivity index (χ3v) is 5.00. The maximum Gasteiger partial charge on any atom is 0.409 e. The van der Waals surface area contributed by atoms with Crippen LogP contribution in [0.3, 0.4) is 0 Å². The SMILES string of the molecule is CC1=C(C(=O)Nc2cccc3c2CC(O)CC3)C=CC(/C=C/C(F)(F)F)C1. The minimum atomic E-state index is -4.33. The lowest BCUT2D eigenvalue weighted by atomic mass is 9.88. The fourth-order valence-electron chi connectivity index (χ4n) is 3.60. The van der Waals surface area contributed by atoms with Crippen molar-refractivity contribution in [2.24, 2.45) is 5.92 Å². The van der Waals surface area contributed by atoms with Gasteiger partial charge in [0.2, 0.25) is 0 Å². The molecule has 0 radical (unpaired) electrons. The number of nitrogens with one attached hydrogen (secondary N) is 1. The van der Waals surface area contributed by atoms with Crippen molar-refractivity contribution in [3.63, 3.8) is 0 Å². The lowest BCUT2D eigenvalue weighted by molar-refractivity contribution is -0.112. The lowest BCUT2D eigenvalue weighted by Gasteiger charge is -2.24. The molecule has 0 aromatic heterocycles. The van der Waals surface area contributed by atoms with Gasteiger partial charge in [0.15, 0.2) is 0 Å². The molecule has 0 heterocycles. The van der Waals surface area contributed by atoms with E-state index in [1.54, 1.807) is 19.1 Å². The highest BCUT2D eigenvalue weighted by atomic mass is 19.4. The molecule has 3 nitrogen and oxygen atoms in total. The minimum absolute atomic E-state index is 0.238. The van der Waals surface area contributed by atoms with Crippen LogP contribution in [0.4, 0.5) is 18.9 Å². The third kappa shape index (κ3) is 4.89. The second kappa shape index (κ2) is 7.72. The summed E-state index contributed by atoms with van der Waals surface area (Å²) in [6, 6.07) is 5.69. The van der Waals surface area contributed by atoms with E-state index in [0.29, 0.717) is 30.5 Å². The number of aliphatic hydroxyl groups excluding tert-OH is 1. The number of alkyl halides is 3. The highest BCUT2D eigenvalue weighted by Gasteiger charge is 2.24. The van der Waals surface area contributed by atoms with E-state index < -0.39 is 12.3 Å². The van der Waals surface area contributed by atoms with Crippen LogP contribution in [-0.2, 0) is 17.6 Å². The number of amides is 1. The molecule has 2 atom stereocenters. The number of halogens is 3. The van der Waals surface area contributed by atoms with Crippen LogP contribution < -0.4 is 5.32 Å². The molecule has 144 valence electrons. The average molecular weight is 377 g/mol. The van der Waals surface area contributed by atoms with Gasteiger partial charge in [0.05, 0.1) is 6.10 Å². The summed E-state index contributed by atoms with van der Waals surface area (Å²) < 4.78 is 36.9. The molecule has 2 N–H and O–H groups in total. The predicted molar refractivity (Wildman–Crippen MR) is 98.2 cm³/mol. The molecule has 1 aromatic carbocycles. The molecule has 0 saturated heterocycles. The maximum absolute atomic E-state index is 12.7. The van der Waals surface area contributed by atoms with E-state index in [9.17, 15) is 23.1 Å². The van der Waals surface area contributed by atoms with Crippen LogP contribution in [-0.4, -0.2) is 23.3 Å². The molecule has 0 spiro atoms. The van der Waals surface area contributed by atoms with Crippen molar-refractivity contribution in [1.82, 2.24) is 0 Å². The number of carbonyl (C=O) groups is 1. The first-order valence-corrected chi connectivity index (χ1v) is 8.97. The van der Waals surface area contributed by atoms with E-state index in [4.69, 9.17) is 0 Å². The van der Waals surface area contributed by atoms with Crippen LogP contribution in [0.2, 0.25) is 0 Å². The Balaban J connectivity index is 1.73. The van der Waals surface area contributed by atoms with E-state index in [-0.39, 0.29) is 17.9 Å². The van der Waals surface area contributed by atoms with E-state index in [1.165, 1.54) is 0 Å². The first-order chi connectivity index (χ1) is 12.7. The number of hydrogen-bond acceptors (Lipinski definition) is 2. The summed E-state index contributed by atoms with van der Waals surface area (Å²) in [6.07, 6.45) is 2.18. The van der Waals surface area contributed by atoms with Gasteiger partial charge in [-0.3, -0.25) is 4.79 Å². The van der Waals surface area contributed by atoms with Gasteiger partial charge in [-0.15, -0.1) is 0 Å². The monoisotopic (exact) mass is 377 g/mol. The molecule has 0 bridgehead atoms. The van der Waals surface area contributed by atoms with Crippen molar-refractivity contribution in [3.05, 3.63) is 64.8 Å². The van der Waals surface area contributed by atoms with Gasteiger partial charge in [0.1, 0.15) is 0 Å². The fourth-order valence-corrected chi connectivity index (χ4v) is 3.60. The van der Waals surface area contributed by atoms with E-state index in [1.807, 2.05) is 18.2 Å². The summed E-state index contributed by atoms with van der Waals surface area (Å²) in [4.78, 5) is 12.7. The molecule has 2 aliphatic carbocycles. The van der Waals surface area contributed by atoms with Gasteiger partial charge in [-0.25, -0.2) is 0 Å². The fraction of sp³-hybridized carbons (Fsp3) is 0.381. The molecule has 3 rings (SSSR count). The number of hydrogen-bond donors (Lipinski definition) is 2. The molecule has 0 aliphatic heterocycles. The minimum Gasteiger partial charge on any atom is -0.393 e. The predicted octanol–water partition coefficient (Wildman–Crippen LogP) is 4.49. The highest BCUT2D eigenvalue weighted by molar-refractivity contribution is 6.06. The summed E-state index contributed by atoms with van der Waals surface area (Å²) in [5.41, 5.74) is 3.98. The van der Waals surface area contributed by atoms with Crippen LogP contribution in [0.1, 0.15) is 30.9 Å². The zero-order valence-corrected chi connectivity index (χ0v) is 15.0. The molecular formula is C21H22F3NO2. The zero-order chi connectivity index (χ0) is 19.6. The van der Waals surface area contributed by atoms with Gasteiger partial charge in [-0.1, -0.05) is 35.9 Å². The quantitative estimate of drug-likeness (QED) is 0.763.